The second kappa shape index (κ2) is 7.40. The van der Waals surface area contributed by atoms with E-state index in [1.54, 1.807) is 0 Å². The van der Waals surface area contributed by atoms with Crippen molar-refractivity contribution >= 4 is 23.4 Å². The Morgan fingerprint density at radius 3 is 2.70 bits per heavy atom. The number of nitrogens with one attached hydrogen (secondary N) is 1. The maximum absolute atomic E-state index is 13.8. The van der Waals surface area contributed by atoms with Gasteiger partial charge in [-0.3, -0.25) is 9.79 Å². The molecule has 2 fully saturated rings. The number of carbonyl (C=O) groups is 2. The number of alkyl carbamates (subject to hydrolysis) is 1. The SMILES string of the molecule is COC(=O)N[C@H](C(=O)N1[C@@H]2CC[C@@H](C2)[C@@]1(C)C1=Nc2ccc(C)cc2C1C)C(C)C. The van der Waals surface area contributed by atoms with Gasteiger partial charge in [-0.1, -0.05) is 38.5 Å². The number of amides is 2. The van der Waals surface area contributed by atoms with Crippen LogP contribution in [0.25, 0.3) is 0 Å². The zero-order chi connectivity index (χ0) is 21.8. The molecular formula is C24H33N3O3. The summed E-state index contributed by atoms with van der Waals surface area (Å²) in [6.45, 7) is 10.4. The molecule has 0 spiro atoms. The lowest BCUT2D eigenvalue weighted by molar-refractivity contribution is -0.140. The molecule has 1 aromatic rings. The van der Waals surface area contributed by atoms with Crippen LogP contribution in [0.2, 0.25) is 0 Å². The number of hydrogen-bond donors (Lipinski definition) is 1. The number of nitrogens with zero attached hydrogens (tertiary/aromatic N) is 2. The van der Waals surface area contributed by atoms with Crippen molar-refractivity contribution in [3.8, 4) is 0 Å². The van der Waals surface area contributed by atoms with E-state index in [4.69, 9.17) is 9.73 Å². The summed E-state index contributed by atoms with van der Waals surface area (Å²) in [6.07, 6.45) is 2.57. The molecule has 3 aliphatic rings. The number of carbonyl (C=O) groups excluding carboxylic acids is 2. The molecule has 2 heterocycles. The van der Waals surface area contributed by atoms with Crippen LogP contribution in [-0.4, -0.2) is 47.3 Å². The van der Waals surface area contributed by atoms with Crippen LogP contribution in [0.4, 0.5) is 10.5 Å². The number of rotatable bonds is 4. The molecule has 1 aliphatic carbocycles. The largest absolute Gasteiger partial charge is 0.453 e. The number of piperidine rings is 1. The molecule has 1 saturated heterocycles. The highest BCUT2D eigenvalue weighted by atomic mass is 16.5. The average molecular weight is 412 g/mol. The summed E-state index contributed by atoms with van der Waals surface area (Å²) >= 11 is 0. The van der Waals surface area contributed by atoms with Gasteiger partial charge in [0.05, 0.1) is 24.0 Å². The second-order valence-corrected chi connectivity index (χ2v) is 9.66. The van der Waals surface area contributed by atoms with Crippen LogP contribution < -0.4 is 5.32 Å². The first-order valence-electron chi connectivity index (χ1n) is 11.1. The van der Waals surface area contributed by atoms with Crippen molar-refractivity contribution in [3.63, 3.8) is 0 Å². The van der Waals surface area contributed by atoms with Gasteiger partial charge in [-0.05, 0) is 56.6 Å². The van der Waals surface area contributed by atoms with E-state index >= 15 is 0 Å². The van der Waals surface area contributed by atoms with E-state index in [1.165, 1.54) is 18.2 Å². The summed E-state index contributed by atoms with van der Waals surface area (Å²) in [5.41, 5.74) is 4.15. The van der Waals surface area contributed by atoms with Crippen LogP contribution in [0, 0.1) is 18.8 Å². The van der Waals surface area contributed by atoms with Crippen molar-refractivity contribution in [2.24, 2.45) is 16.8 Å². The normalized spacial score (nSPS) is 30.3. The third kappa shape index (κ3) is 3.03. The van der Waals surface area contributed by atoms with Crippen molar-refractivity contribution in [2.45, 2.75) is 77.4 Å². The molecule has 2 bridgehead atoms. The van der Waals surface area contributed by atoms with Crippen molar-refractivity contribution in [2.75, 3.05) is 7.11 Å². The van der Waals surface area contributed by atoms with Gasteiger partial charge < -0.3 is 15.0 Å². The van der Waals surface area contributed by atoms with Gasteiger partial charge in [0.25, 0.3) is 0 Å². The Morgan fingerprint density at radius 2 is 2.03 bits per heavy atom. The predicted octanol–water partition coefficient (Wildman–Crippen LogP) is 4.33. The van der Waals surface area contributed by atoms with E-state index < -0.39 is 17.7 Å². The molecule has 1 unspecified atom stereocenters. The number of benzene rings is 1. The number of hydrogen-bond acceptors (Lipinski definition) is 4. The number of aryl methyl sites for hydroxylation is 1. The summed E-state index contributed by atoms with van der Waals surface area (Å²) in [5, 5.41) is 2.77. The lowest BCUT2D eigenvalue weighted by Crippen LogP contribution is -2.63. The maximum Gasteiger partial charge on any atom is 0.407 e. The molecule has 2 aliphatic heterocycles. The van der Waals surface area contributed by atoms with Crippen LogP contribution in [0.1, 0.15) is 64.0 Å². The minimum atomic E-state index is -0.613. The quantitative estimate of drug-likeness (QED) is 0.801. The van der Waals surface area contributed by atoms with E-state index in [9.17, 15) is 9.59 Å². The van der Waals surface area contributed by atoms with Crippen LogP contribution in [0.5, 0.6) is 0 Å². The van der Waals surface area contributed by atoms with E-state index in [1.807, 2.05) is 13.8 Å². The van der Waals surface area contributed by atoms with Gasteiger partial charge in [0.2, 0.25) is 5.91 Å². The molecule has 4 rings (SSSR count). The summed E-state index contributed by atoms with van der Waals surface area (Å²) in [7, 11) is 1.33. The van der Waals surface area contributed by atoms with Crippen molar-refractivity contribution in [3.05, 3.63) is 29.3 Å². The maximum atomic E-state index is 13.8. The third-order valence-corrected chi connectivity index (χ3v) is 7.51. The minimum Gasteiger partial charge on any atom is -0.453 e. The zero-order valence-corrected chi connectivity index (χ0v) is 18.9. The fourth-order valence-electron chi connectivity index (χ4n) is 5.92. The Balaban J connectivity index is 1.72. The molecule has 6 nitrogen and oxygen atoms in total. The average Bonchev–Trinajstić information content (AvgIpc) is 3.38. The molecule has 1 aromatic carbocycles. The van der Waals surface area contributed by atoms with Crippen LogP contribution >= 0.6 is 0 Å². The Hall–Kier alpha value is -2.37. The Bertz CT molecular complexity index is 909. The summed E-state index contributed by atoms with van der Waals surface area (Å²) in [6, 6.07) is 5.99. The van der Waals surface area contributed by atoms with Gasteiger partial charge in [0.1, 0.15) is 6.04 Å². The summed E-state index contributed by atoms with van der Waals surface area (Å²) in [4.78, 5) is 32.9. The van der Waals surface area contributed by atoms with Gasteiger partial charge in [0, 0.05) is 12.0 Å². The number of ether oxygens (including phenoxy) is 1. The zero-order valence-electron chi connectivity index (χ0n) is 18.9. The monoisotopic (exact) mass is 411 g/mol. The molecule has 2 amide bonds. The molecule has 1 N–H and O–H groups in total. The number of aliphatic imine (C=N–C) groups is 1. The second-order valence-electron chi connectivity index (χ2n) is 9.66. The van der Waals surface area contributed by atoms with Gasteiger partial charge in [-0.25, -0.2) is 4.79 Å². The predicted molar refractivity (Wildman–Crippen MR) is 117 cm³/mol. The van der Waals surface area contributed by atoms with Gasteiger partial charge >= 0.3 is 6.09 Å². The van der Waals surface area contributed by atoms with E-state index in [0.29, 0.717) is 5.92 Å². The van der Waals surface area contributed by atoms with Crippen molar-refractivity contribution in [1.82, 2.24) is 10.2 Å². The molecular weight excluding hydrogens is 378 g/mol. The topological polar surface area (TPSA) is 71.0 Å². The van der Waals surface area contributed by atoms with Crippen LogP contribution in [-0.2, 0) is 9.53 Å². The smallest absolute Gasteiger partial charge is 0.407 e. The van der Waals surface area contributed by atoms with Gasteiger partial charge in [0.15, 0.2) is 0 Å². The molecule has 0 radical (unpaired) electrons. The number of fused-ring (bicyclic) bond motifs is 3. The first kappa shape index (κ1) is 20.9. The van der Waals surface area contributed by atoms with Crippen molar-refractivity contribution in [1.29, 1.82) is 0 Å². The molecule has 30 heavy (non-hydrogen) atoms. The summed E-state index contributed by atoms with van der Waals surface area (Å²) in [5.74, 6) is 0.509. The first-order chi connectivity index (χ1) is 14.2. The molecule has 6 heteroatoms. The Kier molecular flexibility index (Phi) is 5.15. The summed E-state index contributed by atoms with van der Waals surface area (Å²) < 4.78 is 4.78. The number of likely N-dealkylation sites (tertiary alicyclic amines) is 1. The lowest BCUT2D eigenvalue weighted by Gasteiger charge is -2.47. The van der Waals surface area contributed by atoms with E-state index in [2.05, 4.69) is 49.2 Å². The number of methoxy groups -OCH3 is 1. The van der Waals surface area contributed by atoms with E-state index in [0.717, 1.165) is 30.7 Å². The molecule has 1 saturated carbocycles. The molecule has 5 atom stereocenters. The lowest BCUT2D eigenvalue weighted by atomic mass is 9.75. The highest BCUT2D eigenvalue weighted by Crippen LogP contribution is 2.54. The van der Waals surface area contributed by atoms with Crippen LogP contribution in [0.15, 0.2) is 23.2 Å². The molecule has 162 valence electrons. The van der Waals surface area contributed by atoms with Gasteiger partial charge in [-0.2, -0.15) is 0 Å². The fourth-order valence-corrected chi connectivity index (χ4v) is 5.92. The highest BCUT2D eigenvalue weighted by Gasteiger charge is 2.60. The first-order valence-corrected chi connectivity index (χ1v) is 11.1. The minimum absolute atomic E-state index is 0.0212. The molecule has 0 aromatic heterocycles. The standard InChI is InChI=1S/C24H33N3O3/c1-13(2)20(26-23(29)30-6)22(28)27-17-9-8-16(12-17)24(27,5)21-15(4)18-11-14(3)7-10-19(18)25-21/h7,10-11,13,15-17,20H,8-9,12H2,1-6H3,(H,26,29)/t15?,16-,17+,20-,24-/m0/s1. The highest BCUT2D eigenvalue weighted by molar-refractivity contribution is 6.07. The van der Waals surface area contributed by atoms with Crippen LogP contribution in [0.3, 0.4) is 0 Å². The van der Waals surface area contributed by atoms with Crippen molar-refractivity contribution < 1.29 is 14.3 Å². The third-order valence-electron chi connectivity index (χ3n) is 7.51. The fraction of sp³-hybridized carbons (Fsp3) is 0.625. The Morgan fingerprint density at radius 1 is 1.30 bits per heavy atom. The van der Waals surface area contributed by atoms with E-state index in [-0.39, 0.29) is 23.8 Å². The van der Waals surface area contributed by atoms with Gasteiger partial charge in [-0.15, -0.1) is 0 Å². The Labute approximate surface area is 179 Å².